The molecule has 7 nitrogen and oxygen atoms in total. The van der Waals surface area contributed by atoms with Gasteiger partial charge in [0.2, 0.25) is 11.3 Å². The molecular formula is C16H11FN6O. The summed E-state index contributed by atoms with van der Waals surface area (Å²) in [6.07, 6.45) is 2.11. The molecule has 4 aromatic rings. The van der Waals surface area contributed by atoms with E-state index in [9.17, 15) is 4.39 Å². The Morgan fingerprint density at radius 1 is 0.958 bits per heavy atom. The number of nitrogens with one attached hydrogen (secondary N) is 1. The third-order valence-electron chi connectivity index (χ3n) is 3.39. The second-order valence-corrected chi connectivity index (χ2v) is 5.03. The number of hydrogen-bond acceptors (Lipinski definition) is 7. The summed E-state index contributed by atoms with van der Waals surface area (Å²) in [5.41, 5.74) is 2.21. The molecule has 0 aliphatic heterocycles. The summed E-state index contributed by atoms with van der Waals surface area (Å²) in [7, 11) is 0. The van der Waals surface area contributed by atoms with Crippen molar-refractivity contribution in [1.29, 1.82) is 0 Å². The highest BCUT2D eigenvalue weighted by atomic mass is 19.1. The summed E-state index contributed by atoms with van der Waals surface area (Å²) < 4.78 is 18.6. The Morgan fingerprint density at radius 3 is 2.54 bits per heavy atom. The van der Waals surface area contributed by atoms with Gasteiger partial charge in [-0.25, -0.2) is 19.0 Å². The SMILES string of the molecule is Fc1ccccc1Nc1nc2nonc2nc1Cc1ccccn1. The Morgan fingerprint density at radius 2 is 1.75 bits per heavy atom. The van der Waals surface area contributed by atoms with Crippen LogP contribution in [0.5, 0.6) is 0 Å². The van der Waals surface area contributed by atoms with Crippen molar-refractivity contribution in [2.45, 2.75) is 6.42 Å². The highest BCUT2D eigenvalue weighted by Gasteiger charge is 2.15. The lowest BCUT2D eigenvalue weighted by molar-refractivity contribution is 0.314. The zero-order chi connectivity index (χ0) is 16.4. The Labute approximate surface area is 135 Å². The summed E-state index contributed by atoms with van der Waals surface area (Å²) in [5, 5.41) is 10.3. The fourth-order valence-electron chi connectivity index (χ4n) is 2.26. The van der Waals surface area contributed by atoms with Crippen molar-refractivity contribution in [3.05, 3.63) is 65.9 Å². The monoisotopic (exact) mass is 322 g/mol. The number of para-hydroxylation sites is 1. The van der Waals surface area contributed by atoms with Crippen molar-refractivity contribution < 1.29 is 9.02 Å². The third-order valence-corrected chi connectivity index (χ3v) is 3.39. The molecule has 0 radical (unpaired) electrons. The number of nitrogens with zero attached hydrogens (tertiary/aromatic N) is 5. The van der Waals surface area contributed by atoms with Crippen LogP contribution in [0.25, 0.3) is 11.3 Å². The van der Waals surface area contributed by atoms with Gasteiger partial charge >= 0.3 is 0 Å². The molecule has 0 bridgehead atoms. The van der Waals surface area contributed by atoms with Gasteiger partial charge in [-0.05, 0) is 34.6 Å². The van der Waals surface area contributed by atoms with Crippen LogP contribution in [0.1, 0.15) is 11.4 Å². The lowest BCUT2D eigenvalue weighted by Crippen LogP contribution is -2.05. The van der Waals surface area contributed by atoms with E-state index >= 15 is 0 Å². The molecule has 8 heteroatoms. The molecule has 1 aromatic carbocycles. The number of fused-ring (bicyclic) bond motifs is 1. The largest absolute Gasteiger partial charge is 0.336 e. The van der Waals surface area contributed by atoms with Gasteiger partial charge in [0, 0.05) is 18.3 Å². The molecule has 0 amide bonds. The normalized spacial score (nSPS) is 10.9. The minimum absolute atomic E-state index is 0.249. The van der Waals surface area contributed by atoms with Crippen LogP contribution in [0, 0.1) is 5.82 Å². The zero-order valence-corrected chi connectivity index (χ0v) is 12.3. The second-order valence-electron chi connectivity index (χ2n) is 5.03. The summed E-state index contributed by atoms with van der Waals surface area (Å²) >= 11 is 0. The first-order valence-corrected chi connectivity index (χ1v) is 7.20. The molecule has 0 spiro atoms. The molecule has 0 unspecified atom stereocenters. The Bertz CT molecular complexity index is 988. The van der Waals surface area contributed by atoms with Crippen molar-refractivity contribution in [2.75, 3.05) is 5.32 Å². The summed E-state index contributed by atoms with van der Waals surface area (Å²) in [4.78, 5) is 13.0. The van der Waals surface area contributed by atoms with Crippen LogP contribution >= 0.6 is 0 Å². The van der Waals surface area contributed by atoms with Gasteiger partial charge in [0.05, 0.1) is 11.4 Å². The van der Waals surface area contributed by atoms with Gasteiger partial charge in [-0.15, -0.1) is 0 Å². The van der Waals surface area contributed by atoms with Crippen molar-refractivity contribution in [3.63, 3.8) is 0 Å². The van der Waals surface area contributed by atoms with Gasteiger partial charge in [0.25, 0.3) is 0 Å². The van der Waals surface area contributed by atoms with E-state index < -0.39 is 0 Å². The molecule has 3 aromatic heterocycles. The van der Waals surface area contributed by atoms with Gasteiger partial charge in [-0.2, -0.15) is 0 Å². The predicted molar refractivity (Wildman–Crippen MR) is 84.1 cm³/mol. The highest BCUT2D eigenvalue weighted by Crippen LogP contribution is 2.23. The third kappa shape index (κ3) is 2.76. The maximum atomic E-state index is 13.9. The predicted octanol–water partition coefficient (Wildman–Crippen LogP) is 2.88. The summed E-state index contributed by atoms with van der Waals surface area (Å²) in [6.45, 7) is 0. The molecule has 3 heterocycles. The van der Waals surface area contributed by atoms with E-state index in [0.717, 1.165) is 5.69 Å². The quantitative estimate of drug-likeness (QED) is 0.618. The first-order valence-electron chi connectivity index (χ1n) is 7.20. The molecule has 4 rings (SSSR count). The number of rotatable bonds is 4. The fraction of sp³-hybridized carbons (Fsp3) is 0.0625. The van der Waals surface area contributed by atoms with Crippen molar-refractivity contribution >= 4 is 22.8 Å². The van der Waals surface area contributed by atoms with E-state index in [1.54, 1.807) is 24.4 Å². The Balaban J connectivity index is 1.77. The standard InChI is InChI=1S/C16H11FN6O/c17-11-6-1-2-7-12(11)19-14-13(9-10-5-3-4-8-18-10)20-15-16(21-14)23-24-22-15/h1-8H,9H2,(H,19,21,23). The highest BCUT2D eigenvalue weighted by molar-refractivity contribution is 5.69. The molecule has 0 aliphatic rings. The van der Waals surface area contributed by atoms with Gasteiger partial charge in [-0.3, -0.25) is 4.98 Å². The van der Waals surface area contributed by atoms with Gasteiger partial charge in [0.15, 0.2) is 5.82 Å². The van der Waals surface area contributed by atoms with E-state index in [1.807, 2.05) is 18.2 Å². The van der Waals surface area contributed by atoms with E-state index in [4.69, 9.17) is 0 Å². The number of anilines is 2. The van der Waals surface area contributed by atoms with Crippen LogP contribution in [-0.2, 0) is 6.42 Å². The van der Waals surface area contributed by atoms with Crippen LogP contribution in [0.3, 0.4) is 0 Å². The molecule has 0 atom stereocenters. The number of benzene rings is 1. The molecule has 118 valence electrons. The van der Waals surface area contributed by atoms with Gasteiger partial charge in [-0.1, -0.05) is 18.2 Å². The smallest absolute Gasteiger partial charge is 0.245 e. The minimum atomic E-state index is -0.388. The Kier molecular flexibility index (Phi) is 3.54. The van der Waals surface area contributed by atoms with Crippen LogP contribution in [-0.4, -0.2) is 25.3 Å². The summed E-state index contributed by atoms with van der Waals surface area (Å²) in [5.74, 6) is -0.00425. The minimum Gasteiger partial charge on any atom is -0.336 e. The summed E-state index contributed by atoms with van der Waals surface area (Å²) in [6, 6.07) is 11.9. The van der Waals surface area contributed by atoms with Crippen LogP contribution in [0.4, 0.5) is 15.9 Å². The number of hydrogen-bond donors (Lipinski definition) is 1. The van der Waals surface area contributed by atoms with Crippen molar-refractivity contribution in [2.24, 2.45) is 0 Å². The van der Waals surface area contributed by atoms with E-state index in [-0.39, 0.29) is 11.5 Å². The topological polar surface area (TPSA) is 89.6 Å². The molecular weight excluding hydrogens is 311 g/mol. The second kappa shape index (κ2) is 5.99. The number of halogens is 1. The van der Waals surface area contributed by atoms with Crippen LogP contribution < -0.4 is 5.32 Å². The van der Waals surface area contributed by atoms with Crippen LogP contribution in [0.15, 0.2) is 53.3 Å². The molecule has 0 saturated carbocycles. The maximum absolute atomic E-state index is 13.9. The maximum Gasteiger partial charge on any atom is 0.245 e. The van der Waals surface area contributed by atoms with Crippen molar-refractivity contribution in [1.82, 2.24) is 25.3 Å². The van der Waals surface area contributed by atoms with E-state index in [2.05, 4.69) is 35.2 Å². The molecule has 0 aliphatic carbocycles. The lowest BCUT2D eigenvalue weighted by Gasteiger charge is -2.10. The average Bonchev–Trinajstić information content (AvgIpc) is 3.05. The number of pyridine rings is 1. The molecule has 1 N–H and O–H groups in total. The zero-order valence-electron chi connectivity index (χ0n) is 12.3. The first kappa shape index (κ1) is 14.2. The van der Waals surface area contributed by atoms with E-state index in [1.165, 1.54) is 6.07 Å². The first-order chi connectivity index (χ1) is 11.8. The van der Waals surface area contributed by atoms with Gasteiger partial charge < -0.3 is 5.32 Å². The Hall–Kier alpha value is -3.42. The van der Waals surface area contributed by atoms with Crippen molar-refractivity contribution in [3.8, 4) is 0 Å². The molecule has 0 fully saturated rings. The number of aromatic nitrogens is 5. The average molecular weight is 322 g/mol. The van der Waals surface area contributed by atoms with Crippen LogP contribution in [0.2, 0.25) is 0 Å². The lowest BCUT2D eigenvalue weighted by atomic mass is 10.2. The fourth-order valence-corrected chi connectivity index (χ4v) is 2.26. The van der Waals surface area contributed by atoms with Gasteiger partial charge in [0.1, 0.15) is 5.82 Å². The molecule has 24 heavy (non-hydrogen) atoms. The van der Waals surface area contributed by atoms with E-state index in [0.29, 0.717) is 29.3 Å². The molecule has 0 saturated heterocycles.